The minimum Gasteiger partial charge on any atom is -0.463 e. The van der Waals surface area contributed by atoms with Crippen LogP contribution in [-0.2, 0) is 14.3 Å². The molecule has 1 aromatic heterocycles. The van der Waals surface area contributed by atoms with Gasteiger partial charge in [0.1, 0.15) is 18.9 Å². The van der Waals surface area contributed by atoms with Crippen LogP contribution >= 0.6 is 0 Å². The largest absolute Gasteiger partial charge is 0.463 e. The molecule has 5 fully saturated rings. The lowest BCUT2D eigenvalue weighted by molar-refractivity contribution is -0.149. The minimum absolute atomic E-state index is 0.0451. The molecule has 242 valence electrons. The van der Waals surface area contributed by atoms with Crippen molar-refractivity contribution in [3.63, 3.8) is 0 Å². The minimum atomic E-state index is -0.723. The Morgan fingerprint density at radius 3 is 2.73 bits per heavy atom. The molecule has 6 rings (SSSR count). The van der Waals surface area contributed by atoms with E-state index in [9.17, 15) is 14.4 Å². The summed E-state index contributed by atoms with van der Waals surface area (Å²) in [6, 6.07) is -0.590. The first-order valence-corrected chi connectivity index (χ1v) is 17.2. The molecule has 0 radical (unpaired) electrons. The molecule has 1 N–H and O–H groups in total. The number of carbonyl (C=O) groups excluding carboxylic acids is 1. The van der Waals surface area contributed by atoms with Crippen LogP contribution in [0.4, 0.5) is 0 Å². The highest BCUT2D eigenvalue weighted by Gasteiger charge is 2.60. The van der Waals surface area contributed by atoms with Crippen molar-refractivity contribution >= 4 is 5.97 Å². The van der Waals surface area contributed by atoms with Gasteiger partial charge >= 0.3 is 11.7 Å². The average molecular weight is 610 g/mol. The number of H-pyrrole nitrogens is 1. The van der Waals surface area contributed by atoms with E-state index in [1.54, 1.807) is 6.92 Å². The summed E-state index contributed by atoms with van der Waals surface area (Å²) >= 11 is 0. The third-order valence-corrected chi connectivity index (χ3v) is 13.4. The molecule has 2 heterocycles. The lowest BCUT2D eigenvalue weighted by atomic mass is 9.44. The smallest absolute Gasteiger partial charge is 0.330 e. The van der Waals surface area contributed by atoms with Crippen molar-refractivity contribution in [1.29, 1.82) is 0 Å². The topological polar surface area (TPSA) is 139 Å². The summed E-state index contributed by atoms with van der Waals surface area (Å²) < 4.78 is 12.9. The molecule has 5 aliphatic rings. The SMILES string of the molecule is Cc1cn([C@H]2C[C@H](N=[N+]=[N-])[C@@H](COC(=O)CC[C@@H](C)[C@H]3CC[C@H]4[C@@H]5CC[C@H]6CCCC[C@]6(C)[C@H]5CC[C@]34C)O2)c(=O)[nH]c1=O. The highest BCUT2D eigenvalue weighted by Crippen LogP contribution is 2.68. The Morgan fingerprint density at radius 1 is 1.14 bits per heavy atom. The second-order valence-corrected chi connectivity index (χ2v) is 15.4. The van der Waals surface area contributed by atoms with E-state index in [1.165, 1.54) is 75.0 Å². The Morgan fingerprint density at radius 2 is 1.93 bits per heavy atom. The van der Waals surface area contributed by atoms with E-state index >= 15 is 0 Å². The maximum Gasteiger partial charge on any atom is 0.330 e. The van der Waals surface area contributed by atoms with Crippen molar-refractivity contribution in [2.45, 2.75) is 130 Å². The van der Waals surface area contributed by atoms with Gasteiger partial charge in [-0.1, -0.05) is 38.7 Å². The van der Waals surface area contributed by atoms with Gasteiger partial charge in [-0.25, -0.2) is 4.79 Å². The summed E-state index contributed by atoms with van der Waals surface area (Å²) in [6.45, 7) is 9.12. The molecule has 10 nitrogen and oxygen atoms in total. The van der Waals surface area contributed by atoms with Crippen molar-refractivity contribution in [3.05, 3.63) is 43.0 Å². The standard InChI is InChI=1S/C34H51N5O5/c1-20(24-11-12-25-23-10-9-22-7-5-6-15-33(22,3)26(23)14-16-34(24,25)4)8-13-30(40)43-19-28-27(37-38-35)17-29(44-28)39-18-21(2)31(41)36-32(39)42/h18,20,22-29H,5-17,19H2,1-4H3,(H,36,41,42)/t20-,22-,23+,24-,25+,26+,27+,28-,29-,33+,34-/m1/s1. The Labute approximate surface area is 260 Å². The zero-order valence-electron chi connectivity index (χ0n) is 27.0. The van der Waals surface area contributed by atoms with Crippen LogP contribution < -0.4 is 11.2 Å². The van der Waals surface area contributed by atoms with Crippen molar-refractivity contribution in [2.24, 2.45) is 51.5 Å². The third-order valence-electron chi connectivity index (χ3n) is 13.4. The fourth-order valence-corrected chi connectivity index (χ4v) is 11.1. The summed E-state index contributed by atoms with van der Waals surface area (Å²) in [5.74, 6) is 4.38. The number of azide groups is 1. The van der Waals surface area contributed by atoms with Gasteiger partial charge in [0, 0.05) is 29.5 Å². The average Bonchev–Trinajstić information content (AvgIpc) is 3.57. The number of fused-ring (bicyclic) bond motifs is 5. The van der Waals surface area contributed by atoms with Gasteiger partial charge in [-0.15, -0.1) is 0 Å². The van der Waals surface area contributed by atoms with Gasteiger partial charge in [0.15, 0.2) is 0 Å². The number of hydrogen-bond donors (Lipinski definition) is 1. The Kier molecular flexibility index (Phi) is 8.79. The molecule has 1 saturated heterocycles. The van der Waals surface area contributed by atoms with Crippen LogP contribution in [0.3, 0.4) is 0 Å². The molecule has 1 aromatic rings. The van der Waals surface area contributed by atoms with Crippen LogP contribution in [0, 0.1) is 53.3 Å². The van der Waals surface area contributed by atoms with E-state index in [-0.39, 0.29) is 19.0 Å². The Balaban J connectivity index is 1.02. The molecule has 0 amide bonds. The fraction of sp³-hybridized carbons (Fsp3) is 0.853. The summed E-state index contributed by atoms with van der Waals surface area (Å²) in [6.07, 6.45) is 15.4. The van der Waals surface area contributed by atoms with Crippen LogP contribution in [0.1, 0.15) is 116 Å². The Hall–Kier alpha value is -2.58. The number of hydrogen-bond acceptors (Lipinski definition) is 6. The van der Waals surface area contributed by atoms with E-state index in [4.69, 9.17) is 15.0 Å². The van der Waals surface area contributed by atoms with Gasteiger partial charge < -0.3 is 9.47 Å². The Bertz CT molecular complexity index is 1400. The van der Waals surface area contributed by atoms with Gasteiger partial charge in [-0.05, 0) is 117 Å². The van der Waals surface area contributed by atoms with Crippen LogP contribution in [0.15, 0.2) is 20.9 Å². The van der Waals surface area contributed by atoms with Crippen molar-refractivity contribution in [1.82, 2.24) is 9.55 Å². The highest BCUT2D eigenvalue weighted by atomic mass is 16.6. The molecule has 0 aromatic carbocycles. The number of carbonyl (C=O) groups is 1. The quantitative estimate of drug-likeness (QED) is 0.149. The number of aryl methyl sites for hydroxylation is 1. The molecule has 4 aliphatic carbocycles. The molecule has 11 atom stereocenters. The summed E-state index contributed by atoms with van der Waals surface area (Å²) in [4.78, 5) is 42.3. The first kappa shape index (κ1) is 31.4. The molecule has 1 aliphatic heterocycles. The molecule has 10 heteroatoms. The predicted octanol–water partition coefficient (Wildman–Crippen LogP) is 6.82. The number of aromatic amines is 1. The maximum atomic E-state index is 12.9. The molecule has 0 unspecified atom stereocenters. The zero-order chi connectivity index (χ0) is 31.2. The summed E-state index contributed by atoms with van der Waals surface area (Å²) in [5.41, 5.74) is 9.33. The van der Waals surface area contributed by atoms with Crippen LogP contribution in [0.2, 0.25) is 0 Å². The number of nitrogens with zero attached hydrogens (tertiary/aromatic N) is 4. The second kappa shape index (κ2) is 12.3. The lowest BCUT2D eigenvalue weighted by Crippen LogP contribution is -2.53. The van der Waals surface area contributed by atoms with Gasteiger partial charge in [-0.3, -0.25) is 19.1 Å². The molecule has 0 bridgehead atoms. The van der Waals surface area contributed by atoms with Gasteiger partial charge in [0.05, 0.1) is 6.04 Å². The third kappa shape index (κ3) is 5.55. The molecule has 4 saturated carbocycles. The number of rotatable bonds is 8. The monoisotopic (exact) mass is 609 g/mol. The van der Waals surface area contributed by atoms with Crippen molar-refractivity contribution in [3.8, 4) is 0 Å². The molecule has 0 spiro atoms. The van der Waals surface area contributed by atoms with Crippen molar-refractivity contribution in [2.75, 3.05) is 6.61 Å². The molecule has 44 heavy (non-hydrogen) atoms. The second-order valence-electron chi connectivity index (χ2n) is 15.4. The number of nitrogens with one attached hydrogen (secondary N) is 1. The zero-order valence-corrected chi connectivity index (χ0v) is 27.0. The van der Waals surface area contributed by atoms with E-state index in [1.807, 2.05) is 0 Å². The number of ether oxygens (including phenoxy) is 2. The number of aromatic nitrogens is 2. The summed E-state index contributed by atoms with van der Waals surface area (Å²) in [5, 5.41) is 3.83. The maximum absolute atomic E-state index is 12.9. The first-order valence-electron chi connectivity index (χ1n) is 17.2. The van der Waals surface area contributed by atoms with E-state index in [0.717, 1.165) is 30.1 Å². The van der Waals surface area contributed by atoms with Gasteiger partial charge in [0.2, 0.25) is 0 Å². The summed E-state index contributed by atoms with van der Waals surface area (Å²) in [7, 11) is 0. The predicted molar refractivity (Wildman–Crippen MR) is 167 cm³/mol. The van der Waals surface area contributed by atoms with E-state index in [2.05, 4.69) is 35.8 Å². The van der Waals surface area contributed by atoms with E-state index < -0.39 is 29.6 Å². The highest BCUT2D eigenvalue weighted by molar-refractivity contribution is 5.69. The van der Waals surface area contributed by atoms with Crippen LogP contribution in [0.5, 0.6) is 0 Å². The normalized spacial score (nSPS) is 40.3. The molecular formula is C34H51N5O5. The van der Waals surface area contributed by atoms with Gasteiger partial charge in [-0.2, -0.15) is 0 Å². The first-order chi connectivity index (χ1) is 21.0. The van der Waals surface area contributed by atoms with Crippen LogP contribution in [-0.4, -0.2) is 34.3 Å². The molecular weight excluding hydrogens is 558 g/mol. The number of esters is 1. The van der Waals surface area contributed by atoms with Gasteiger partial charge in [0.25, 0.3) is 5.56 Å². The van der Waals surface area contributed by atoms with Crippen molar-refractivity contribution < 1.29 is 14.3 Å². The fourth-order valence-electron chi connectivity index (χ4n) is 11.1. The van der Waals surface area contributed by atoms with Crippen LogP contribution in [0.25, 0.3) is 10.4 Å². The lowest BCUT2D eigenvalue weighted by Gasteiger charge is -2.61. The van der Waals surface area contributed by atoms with E-state index in [0.29, 0.717) is 34.7 Å².